The Hall–Kier alpha value is -2.34. The van der Waals surface area contributed by atoms with Crippen LogP contribution in [0.5, 0.6) is 0 Å². The van der Waals surface area contributed by atoms with Crippen LogP contribution in [-0.4, -0.2) is 0 Å². The maximum atomic E-state index is 7.98. The molecule has 86 valence electrons. The quantitative estimate of drug-likeness (QED) is 0.581. The van der Waals surface area contributed by atoms with Gasteiger partial charge in [0, 0.05) is 0 Å². The molecular formula is C18H14. The average Bonchev–Trinajstić information content (AvgIpc) is 2.48. The molecule has 0 atom stereocenters. The van der Waals surface area contributed by atoms with Crippen LogP contribution < -0.4 is 0 Å². The molecule has 0 bridgehead atoms. The van der Waals surface area contributed by atoms with Gasteiger partial charge in [-0.1, -0.05) is 78.8 Å². The van der Waals surface area contributed by atoms with Crippen molar-refractivity contribution in [2.24, 2.45) is 0 Å². The van der Waals surface area contributed by atoms with Gasteiger partial charge in [0.05, 0.1) is 1.37 Å². The first-order chi connectivity index (χ1) is 9.33. The van der Waals surface area contributed by atoms with Crippen molar-refractivity contribution in [3.05, 3.63) is 84.9 Å². The van der Waals surface area contributed by atoms with E-state index in [1.54, 1.807) is 0 Å². The highest BCUT2D eigenvalue weighted by Gasteiger charge is 2.00. The lowest BCUT2D eigenvalue weighted by molar-refractivity contribution is 1.59. The minimum Gasteiger partial charge on any atom is -0.0622 e. The SMILES string of the molecule is [2H]c1cc(-c2ccccc2)cc(-c2ccccc2)c1. The van der Waals surface area contributed by atoms with Crippen LogP contribution in [0.1, 0.15) is 1.37 Å². The Morgan fingerprint density at radius 1 is 0.500 bits per heavy atom. The molecule has 3 rings (SSSR count). The second kappa shape index (κ2) is 4.89. The summed E-state index contributed by atoms with van der Waals surface area (Å²) >= 11 is 0. The molecule has 0 aromatic heterocycles. The maximum Gasteiger partial charge on any atom is 0.0623 e. The Labute approximate surface area is 109 Å². The van der Waals surface area contributed by atoms with Crippen LogP contribution >= 0.6 is 0 Å². The summed E-state index contributed by atoms with van der Waals surface area (Å²) in [5.74, 6) is 0. The van der Waals surface area contributed by atoms with E-state index in [1.807, 2.05) is 48.5 Å². The standard InChI is InChI=1S/C18H14/c1-3-8-15(9-4-1)17-12-7-13-18(14-17)16-10-5-2-6-11-16/h1-14H/i7D. The van der Waals surface area contributed by atoms with E-state index in [0.29, 0.717) is 6.04 Å². The highest BCUT2D eigenvalue weighted by Crippen LogP contribution is 2.25. The molecule has 0 fully saturated rings. The molecule has 0 aliphatic heterocycles. The smallest absolute Gasteiger partial charge is 0.0622 e. The van der Waals surface area contributed by atoms with Crippen molar-refractivity contribution < 1.29 is 1.37 Å². The molecule has 0 N–H and O–H groups in total. The van der Waals surface area contributed by atoms with Crippen LogP contribution in [0.4, 0.5) is 0 Å². The number of benzene rings is 3. The number of rotatable bonds is 2. The van der Waals surface area contributed by atoms with Gasteiger partial charge in [-0.2, -0.15) is 0 Å². The normalized spacial score (nSPS) is 11.0. The lowest BCUT2D eigenvalue weighted by Crippen LogP contribution is -1.80. The van der Waals surface area contributed by atoms with Gasteiger partial charge in [-0.15, -0.1) is 0 Å². The lowest BCUT2D eigenvalue weighted by Gasteiger charge is -2.05. The summed E-state index contributed by atoms with van der Waals surface area (Å²) in [5, 5.41) is 0. The molecule has 3 aromatic rings. The average molecular weight is 231 g/mol. The molecule has 0 spiro atoms. The Kier molecular flexibility index (Phi) is 2.62. The Morgan fingerprint density at radius 3 is 1.39 bits per heavy atom. The largest absolute Gasteiger partial charge is 0.0623 e. The third-order valence-electron chi connectivity index (χ3n) is 3.00. The third kappa shape index (κ3) is 2.18. The lowest BCUT2D eigenvalue weighted by atomic mass is 9.99. The monoisotopic (exact) mass is 231 g/mol. The Bertz CT molecular complexity index is 615. The van der Waals surface area contributed by atoms with Gasteiger partial charge in [-0.25, -0.2) is 0 Å². The van der Waals surface area contributed by atoms with E-state index in [0.717, 1.165) is 22.3 Å². The predicted octanol–water partition coefficient (Wildman–Crippen LogP) is 5.02. The van der Waals surface area contributed by atoms with E-state index < -0.39 is 0 Å². The van der Waals surface area contributed by atoms with E-state index in [2.05, 4.69) is 30.3 Å². The number of hydrogen-bond donors (Lipinski definition) is 0. The van der Waals surface area contributed by atoms with Gasteiger partial charge in [-0.3, -0.25) is 0 Å². The van der Waals surface area contributed by atoms with Crippen LogP contribution in [0.15, 0.2) is 84.9 Å². The summed E-state index contributed by atoms with van der Waals surface area (Å²) < 4.78 is 7.98. The van der Waals surface area contributed by atoms with Crippen LogP contribution in [0.25, 0.3) is 22.3 Å². The van der Waals surface area contributed by atoms with E-state index in [1.165, 1.54) is 0 Å². The summed E-state index contributed by atoms with van der Waals surface area (Å²) in [7, 11) is 0. The molecule has 0 nitrogen and oxygen atoms in total. The van der Waals surface area contributed by atoms with Gasteiger partial charge in [0.25, 0.3) is 0 Å². The minimum absolute atomic E-state index is 0.542. The summed E-state index contributed by atoms with van der Waals surface area (Å²) in [6.07, 6.45) is 0. The second-order valence-corrected chi connectivity index (χ2v) is 4.24. The first-order valence-electron chi connectivity index (χ1n) is 6.55. The van der Waals surface area contributed by atoms with Gasteiger partial charge in [-0.05, 0) is 28.3 Å². The van der Waals surface area contributed by atoms with Crippen LogP contribution in [0.2, 0.25) is 0 Å². The van der Waals surface area contributed by atoms with Crippen molar-refractivity contribution >= 4 is 0 Å². The fourth-order valence-electron chi connectivity index (χ4n) is 2.07. The minimum atomic E-state index is 0.542. The molecule has 0 heteroatoms. The van der Waals surface area contributed by atoms with Gasteiger partial charge in [0.1, 0.15) is 0 Å². The van der Waals surface area contributed by atoms with Crippen molar-refractivity contribution in [1.82, 2.24) is 0 Å². The van der Waals surface area contributed by atoms with Gasteiger partial charge in [0.15, 0.2) is 0 Å². The summed E-state index contributed by atoms with van der Waals surface area (Å²) in [6.45, 7) is 0. The highest BCUT2D eigenvalue weighted by atomic mass is 14.0. The van der Waals surface area contributed by atoms with Gasteiger partial charge < -0.3 is 0 Å². The molecule has 0 saturated heterocycles. The van der Waals surface area contributed by atoms with Crippen molar-refractivity contribution in [2.75, 3.05) is 0 Å². The fraction of sp³-hybridized carbons (Fsp3) is 0. The molecule has 0 unspecified atom stereocenters. The first kappa shape index (κ1) is 9.67. The van der Waals surface area contributed by atoms with Crippen LogP contribution in [0, 0.1) is 0 Å². The van der Waals surface area contributed by atoms with Crippen LogP contribution in [0.3, 0.4) is 0 Å². The first-order valence-corrected chi connectivity index (χ1v) is 6.05. The van der Waals surface area contributed by atoms with E-state index in [4.69, 9.17) is 1.37 Å². The summed E-state index contributed by atoms with van der Waals surface area (Å²) in [4.78, 5) is 0. The zero-order valence-corrected chi connectivity index (χ0v) is 10.0. The van der Waals surface area contributed by atoms with E-state index >= 15 is 0 Å². The molecule has 3 aromatic carbocycles. The van der Waals surface area contributed by atoms with Gasteiger partial charge >= 0.3 is 0 Å². The van der Waals surface area contributed by atoms with Gasteiger partial charge in [0.2, 0.25) is 0 Å². The van der Waals surface area contributed by atoms with E-state index in [9.17, 15) is 0 Å². The molecule has 18 heavy (non-hydrogen) atoms. The van der Waals surface area contributed by atoms with Crippen molar-refractivity contribution in [3.8, 4) is 22.3 Å². The van der Waals surface area contributed by atoms with Crippen molar-refractivity contribution in [1.29, 1.82) is 0 Å². The molecule has 0 amide bonds. The molecule has 0 aliphatic carbocycles. The Morgan fingerprint density at radius 2 is 0.944 bits per heavy atom. The van der Waals surface area contributed by atoms with Crippen molar-refractivity contribution in [2.45, 2.75) is 0 Å². The summed E-state index contributed by atoms with van der Waals surface area (Å²) in [6, 6.07) is 26.9. The maximum absolute atomic E-state index is 7.98. The predicted molar refractivity (Wildman–Crippen MR) is 77.3 cm³/mol. The molecular weight excluding hydrogens is 216 g/mol. The number of hydrogen-bond acceptors (Lipinski definition) is 0. The van der Waals surface area contributed by atoms with Crippen LogP contribution in [-0.2, 0) is 0 Å². The third-order valence-corrected chi connectivity index (χ3v) is 3.00. The fourth-order valence-corrected chi connectivity index (χ4v) is 2.07. The molecule has 0 aliphatic rings. The van der Waals surface area contributed by atoms with E-state index in [-0.39, 0.29) is 0 Å². The zero-order chi connectivity index (χ0) is 13.1. The van der Waals surface area contributed by atoms with Crippen molar-refractivity contribution in [3.63, 3.8) is 0 Å². The second-order valence-electron chi connectivity index (χ2n) is 4.24. The molecule has 0 heterocycles. The molecule has 0 radical (unpaired) electrons. The summed E-state index contributed by atoms with van der Waals surface area (Å²) in [5.41, 5.74) is 4.47. The Balaban J connectivity index is 2.12. The molecule has 0 saturated carbocycles. The zero-order valence-electron chi connectivity index (χ0n) is 11.0. The highest BCUT2D eigenvalue weighted by molar-refractivity contribution is 5.72. The topological polar surface area (TPSA) is 0 Å².